The van der Waals surface area contributed by atoms with Gasteiger partial charge in [0, 0.05) is 31.3 Å². The molecule has 1 aliphatic heterocycles. The molecule has 2 unspecified atom stereocenters. The van der Waals surface area contributed by atoms with Crippen LogP contribution in [0.2, 0.25) is 0 Å². The van der Waals surface area contributed by atoms with Crippen LogP contribution in [0.1, 0.15) is 24.8 Å². The molecular formula is C14H19NO3. The predicted molar refractivity (Wildman–Crippen MR) is 69.9 cm³/mol. The first-order chi connectivity index (χ1) is 8.61. The number of hydrogen-bond donors (Lipinski definition) is 2. The third kappa shape index (κ3) is 2.64. The Balaban J connectivity index is 2.19. The Morgan fingerprint density at radius 1 is 1.50 bits per heavy atom. The standard InChI is InChI=1S/C14H19NO3/c1-10(9-16)7-15-8-11(6-14(17)18)12-4-2-3-5-13(12)15/h2-5,10-11,16H,6-9H2,1H3,(H,17,18). The van der Waals surface area contributed by atoms with E-state index in [1.165, 1.54) is 0 Å². The number of nitrogens with zero attached hydrogens (tertiary/aromatic N) is 1. The van der Waals surface area contributed by atoms with Crippen LogP contribution < -0.4 is 4.90 Å². The van der Waals surface area contributed by atoms with Crippen LogP contribution in [0.25, 0.3) is 0 Å². The Hall–Kier alpha value is -1.55. The second-order valence-electron chi connectivity index (χ2n) is 5.05. The number of carboxylic acid groups (broad SMARTS) is 1. The summed E-state index contributed by atoms with van der Waals surface area (Å²) in [7, 11) is 0. The molecule has 1 aliphatic rings. The summed E-state index contributed by atoms with van der Waals surface area (Å²) in [6.07, 6.45) is 0.168. The summed E-state index contributed by atoms with van der Waals surface area (Å²) < 4.78 is 0. The van der Waals surface area contributed by atoms with Crippen molar-refractivity contribution >= 4 is 11.7 Å². The van der Waals surface area contributed by atoms with E-state index in [9.17, 15) is 4.79 Å². The molecule has 0 aromatic heterocycles. The van der Waals surface area contributed by atoms with Gasteiger partial charge in [-0.05, 0) is 17.5 Å². The van der Waals surface area contributed by atoms with Crippen LogP contribution in [0, 0.1) is 5.92 Å². The monoisotopic (exact) mass is 249 g/mol. The molecular weight excluding hydrogens is 230 g/mol. The molecule has 4 heteroatoms. The average Bonchev–Trinajstić information content (AvgIpc) is 2.67. The zero-order chi connectivity index (χ0) is 13.1. The lowest BCUT2D eigenvalue weighted by Crippen LogP contribution is -2.29. The van der Waals surface area contributed by atoms with Crippen LogP contribution in [-0.4, -0.2) is 35.9 Å². The number of aliphatic carboxylic acids is 1. The second kappa shape index (κ2) is 5.40. The maximum absolute atomic E-state index is 10.9. The van der Waals surface area contributed by atoms with Crippen LogP contribution in [-0.2, 0) is 4.79 Å². The van der Waals surface area contributed by atoms with E-state index < -0.39 is 5.97 Å². The van der Waals surface area contributed by atoms with E-state index in [0.29, 0.717) is 0 Å². The number of hydrogen-bond acceptors (Lipinski definition) is 3. The largest absolute Gasteiger partial charge is 0.481 e. The molecule has 2 N–H and O–H groups in total. The van der Waals surface area contributed by atoms with Crippen molar-refractivity contribution in [2.75, 3.05) is 24.6 Å². The van der Waals surface area contributed by atoms with Crippen molar-refractivity contribution in [3.63, 3.8) is 0 Å². The zero-order valence-electron chi connectivity index (χ0n) is 10.5. The average molecular weight is 249 g/mol. The minimum Gasteiger partial charge on any atom is -0.481 e. The van der Waals surface area contributed by atoms with Gasteiger partial charge in [0.05, 0.1) is 6.42 Å². The highest BCUT2D eigenvalue weighted by atomic mass is 16.4. The molecule has 2 atom stereocenters. The molecule has 0 bridgehead atoms. The lowest BCUT2D eigenvalue weighted by molar-refractivity contribution is -0.137. The molecule has 1 aromatic rings. The van der Waals surface area contributed by atoms with Gasteiger partial charge in [-0.1, -0.05) is 25.1 Å². The van der Waals surface area contributed by atoms with Crippen molar-refractivity contribution in [1.82, 2.24) is 0 Å². The molecule has 0 aliphatic carbocycles. The zero-order valence-corrected chi connectivity index (χ0v) is 10.5. The van der Waals surface area contributed by atoms with Gasteiger partial charge in [-0.25, -0.2) is 0 Å². The van der Waals surface area contributed by atoms with E-state index in [0.717, 1.165) is 24.3 Å². The van der Waals surface area contributed by atoms with Crippen molar-refractivity contribution in [1.29, 1.82) is 0 Å². The summed E-state index contributed by atoms with van der Waals surface area (Å²) in [4.78, 5) is 13.1. The molecule has 0 saturated carbocycles. The Bertz CT molecular complexity index is 433. The van der Waals surface area contributed by atoms with Crippen LogP contribution in [0.5, 0.6) is 0 Å². The van der Waals surface area contributed by atoms with Gasteiger partial charge in [-0.2, -0.15) is 0 Å². The highest BCUT2D eigenvalue weighted by Crippen LogP contribution is 2.38. The SMILES string of the molecule is CC(CO)CN1CC(CC(=O)O)c2ccccc21. The summed E-state index contributed by atoms with van der Waals surface area (Å²) in [5, 5.41) is 18.1. The minimum atomic E-state index is -0.758. The number of aliphatic hydroxyl groups is 1. The summed E-state index contributed by atoms with van der Waals surface area (Å²) in [6, 6.07) is 7.96. The molecule has 0 radical (unpaired) electrons. The second-order valence-corrected chi connectivity index (χ2v) is 5.05. The molecule has 2 rings (SSSR count). The van der Waals surface area contributed by atoms with E-state index in [1.807, 2.05) is 31.2 Å². The van der Waals surface area contributed by atoms with Crippen molar-refractivity contribution in [3.05, 3.63) is 29.8 Å². The molecule has 0 amide bonds. The number of benzene rings is 1. The molecule has 1 heterocycles. The maximum Gasteiger partial charge on any atom is 0.304 e. The number of fused-ring (bicyclic) bond motifs is 1. The van der Waals surface area contributed by atoms with Gasteiger partial charge in [-0.15, -0.1) is 0 Å². The summed E-state index contributed by atoms with van der Waals surface area (Å²) in [5.41, 5.74) is 2.23. The quantitative estimate of drug-likeness (QED) is 0.833. The van der Waals surface area contributed by atoms with Crippen molar-refractivity contribution in [2.45, 2.75) is 19.3 Å². The van der Waals surface area contributed by atoms with Crippen LogP contribution >= 0.6 is 0 Å². The van der Waals surface area contributed by atoms with E-state index in [2.05, 4.69) is 4.90 Å². The molecule has 4 nitrogen and oxygen atoms in total. The van der Waals surface area contributed by atoms with Gasteiger partial charge in [0.15, 0.2) is 0 Å². The third-order valence-electron chi connectivity index (χ3n) is 3.42. The van der Waals surface area contributed by atoms with Gasteiger partial charge in [-0.3, -0.25) is 4.79 Å². The summed E-state index contributed by atoms with van der Waals surface area (Å²) in [6.45, 7) is 3.65. The van der Waals surface area contributed by atoms with Gasteiger partial charge in [0.25, 0.3) is 0 Å². The van der Waals surface area contributed by atoms with Crippen molar-refractivity contribution in [3.8, 4) is 0 Å². The number of rotatable bonds is 5. The first kappa shape index (κ1) is 12.9. The number of carboxylic acids is 1. The fourth-order valence-electron chi connectivity index (χ4n) is 2.58. The first-order valence-electron chi connectivity index (χ1n) is 6.28. The van der Waals surface area contributed by atoms with Gasteiger partial charge >= 0.3 is 5.97 Å². The maximum atomic E-state index is 10.9. The lowest BCUT2D eigenvalue weighted by atomic mass is 9.98. The third-order valence-corrected chi connectivity index (χ3v) is 3.42. The molecule has 0 fully saturated rings. The molecule has 0 saturated heterocycles. The number of para-hydroxylation sites is 1. The van der Waals surface area contributed by atoms with Gasteiger partial charge < -0.3 is 15.1 Å². The van der Waals surface area contributed by atoms with Crippen LogP contribution in [0.3, 0.4) is 0 Å². The Morgan fingerprint density at radius 3 is 2.89 bits per heavy atom. The Kier molecular flexibility index (Phi) is 3.87. The highest BCUT2D eigenvalue weighted by molar-refractivity contribution is 5.71. The molecule has 0 spiro atoms. The van der Waals surface area contributed by atoms with Crippen molar-refractivity contribution in [2.24, 2.45) is 5.92 Å². The summed E-state index contributed by atoms with van der Waals surface area (Å²) in [5.74, 6) is -0.502. The Labute approximate surface area is 107 Å². The smallest absolute Gasteiger partial charge is 0.304 e. The number of aliphatic hydroxyl groups excluding tert-OH is 1. The number of anilines is 1. The molecule has 18 heavy (non-hydrogen) atoms. The lowest BCUT2D eigenvalue weighted by Gasteiger charge is -2.23. The van der Waals surface area contributed by atoms with E-state index in [4.69, 9.17) is 10.2 Å². The van der Waals surface area contributed by atoms with E-state index in [1.54, 1.807) is 0 Å². The first-order valence-corrected chi connectivity index (χ1v) is 6.28. The fraction of sp³-hybridized carbons (Fsp3) is 0.500. The van der Waals surface area contributed by atoms with Crippen LogP contribution in [0.4, 0.5) is 5.69 Å². The number of carbonyl (C=O) groups is 1. The summed E-state index contributed by atoms with van der Waals surface area (Å²) >= 11 is 0. The minimum absolute atomic E-state index is 0.0598. The topological polar surface area (TPSA) is 60.8 Å². The van der Waals surface area contributed by atoms with Crippen molar-refractivity contribution < 1.29 is 15.0 Å². The molecule has 98 valence electrons. The Morgan fingerprint density at radius 2 is 2.22 bits per heavy atom. The van der Waals surface area contributed by atoms with Crippen LogP contribution in [0.15, 0.2) is 24.3 Å². The fourth-order valence-corrected chi connectivity index (χ4v) is 2.58. The van der Waals surface area contributed by atoms with E-state index in [-0.39, 0.29) is 24.9 Å². The van der Waals surface area contributed by atoms with E-state index >= 15 is 0 Å². The normalized spacial score (nSPS) is 19.7. The highest BCUT2D eigenvalue weighted by Gasteiger charge is 2.30. The molecule has 1 aromatic carbocycles. The van der Waals surface area contributed by atoms with Gasteiger partial charge in [0.2, 0.25) is 0 Å². The van der Waals surface area contributed by atoms with Gasteiger partial charge in [0.1, 0.15) is 0 Å². The predicted octanol–water partition coefficient (Wildman–Crippen LogP) is 1.69.